The SMILES string of the molecule is Cc1cccc(C(=O)N2CCCN(C(=O)C(C)(C)C)CC2)c1. The van der Waals surface area contributed by atoms with Crippen LogP contribution in [0, 0.1) is 12.3 Å². The van der Waals surface area contributed by atoms with E-state index in [1.165, 1.54) is 0 Å². The smallest absolute Gasteiger partial charge is 0.253 e. The van der Waals surface area contributed by atoms with Gasteiger partial charge in [0.05, 0.1) is 0 Å². The third kappa shape index (κ3) is 3.87. The van der Waals surface area contributed by atoms with E-state index in [9.17, 15) is 9.59 Å². The molecule has 1 aromatic rings. The van der Waals surface area contributed by atoms with E-state index in [4.69, 9.17) is 0 Å². The molecule has 1 aromatic carbocycles. The van der Waals surface area contributed by atoms with Crippen LogP contribution in [0.2, 0.25) is 0 Å². The van der Waals surface area contributed by atoms with E-state index >= 15 is 0 Å². The van der Waals surface area contributed by atoms with Crippen molar-refractivity contribution in [1.82, 2.24) is 9.80 Å². The molecule has 1 aliphatic rings. The van der Waals surface area contributed by atoms with Gasteiger partial charge in [-0.25, -0.2) is 0 Å². The summed E-state index contributed by atoms with van der Waals surface area (Å²) in [7, 11) is 0. The number of nitrogens with zero attached hydrogens (tertiary/aromatic N) is 2. The van der Waals surface area contributed by atoms with Gasteiger partial charge < -0.3 is 9.80 Å². The third-order valence-corrected chi connectivity index (χ3v) is 3.98. The molecule has 120 valence electrons. The molecule has 2 amide bonds. The first-order chi connectivity index (χ1) is 10.3. The molecule has 1 fully saturated rings. The van der Waals surface area contributed by atoms with Gasteiger partial charge in [-0.2, -0.15) is 0 Å². The molecule has 0 spiro atoms. The molecule has 0 aromatic heterocycles. The Labute approximate surface area is 133 Å². The van der Waals surface area contributed by atoms with Crippen LogP contribution in [0.15, 0.2) is 24.3 Å². The fourth-order valence-electron chi connectivity index (χ4n) is 2.76. The van der Waals surface area contributed by atoms with Gasteiger partial charge in [0.2, 0.25) is 5.91 Å². The molecule has 2 rings (SSSR count). The van der Waals surface area contributed by atoms with E-state index < -0.39 is 0 Å². The van der Waals surface area contributed by atoms with Crippen molar-refractivity contribution in [2.24, 2.45) is 5.41 Å². The second-order valence-electron chi connectivity index (χ2n) is 7.06. The predicted molar refractivity (Wildman–Crippen MR) is 87.7 cm³/mol. The summed E-state index contributed by atoms with van der Waals surface area (Å²) in [5.74, 6) is 0.228. The Bertz CT molecular complexity index is 560. The molecule has 22 heavy (non-hydrogen) atoms. The summed E-state index contributed by atoms with van der Waals surface area (Å²) in [5.41, 5.74) is 1.45. The molecule has 1 aliphatic heterocycles. The second-order valence-corrected chi connectivity index (χ2v) is 7.06. The first kappa shape index (κ1) is 16.5. The maximum absolute atomic E-state index is 12.6. The van der Waals surface area contributed by atoms with Crippen molar-refractivity contribution in [3.8, 4) is 0 Å². The van der Waals surface area contributed by atoms with Crippen LogP contribution in [0.5, 0.6) is 0 Å². The van der Waals surface area contributed by atoms with Gasteiger partial charge in [0, 0.05) is 37.2 Å². The summed E-state index contributed by atoms with van der Waals surface area (Å²) in [6.07, 6.45) is 0.833. The number of aryl methyl sites for hydroxylation is 1. The molecule has 0 saturated carbocycles. The zero-order chi connectivity index (χ0) is 16.3. The summed E-state index contributed by atoms with van der Waals surface area (Å²) in [4.78, 5) is 28.7. The van der Waals surface area contributed by atoms with Gasteiger partial charge in [-0.1, -0.05) is 38.5 Å². The Morgan fingerprint density at radius 1 is 1.00 bits per heavy atom. The molecule has 4 nitrogen and oxygen atoms in total. The average Bonchev–Trinajstić information content (AvgIpc) is 2.70. The minimum atomic E-state index is -0.365. The van der Waals surface area contributed by atoms with Gasteiger partial charge in [0.1, 0.15) is 0 Å². The van der Waals surface area contributed by atoms with Crippen LogP contribution in [0.3, 0.4) is 0 Å². The lowest BCUT2D eigenvalue weighted by Crippen LogP contribution is -2.42. The highest BCUT2D eigenvalue weighted by atomic mass is 16.2. The van der Waals surface area contributed by atoms with Gasteiger partial charge in [0.25, 0.3) is 5.91 Å². The van der Waals surface area contributed by atoms with Crippen molar-refractivity contribution in [3.05, 3.63) is 35.4 Å². The minimum Gasteiger partial charge on any atom is -0.340 e. The highest BCUT2D eigenvalue weighted by Crippen LogP contribution is 2.19. The summed E-state index contributed by atoms with van der Waals surface area (Å²) in [6, 6.07) is 7.68. The molecule has 1 saturated heterocycles. The second kappa shape index (κ2) is 6.51. The maximum Gasteiger partial charge on any atom is 0.253 e. The lowest BCUT2D eigenvalue weighted by atomic mass is 9.94. The topological polar surface area (TPSA) is 40.6 Å². The van der Waals surface area contributed by atoms with Crippen molar-refractivity contribution in [3.63, 3.8) is 0 Å². The number of amides is 2. The Morgan fingerprint density at radius 2 is 1.64 bits per heavy atom. The van der Waals surface area contributed by atoms with Gasteiger partial charge in [0.15, 0.2) is 0 Å². The van der Waals surface area contributed by atoms with Crippen LogP contribution < -0.4 is 0 Å². The molecule has 0 bridgehead atoms. The molecular weight excluding hydrogens is 276 g/mol. The predicted octanol–water partition coefficient (Wildman–Crippen LogP) is 2.72. The Morgan fingerprint density at radius 3 is 2.27 bits per heavy atom. The molecule has 0 aliphatic carbocycles. The normalized spacial score (nSPS) is 16.4. The van der Waals surface area contributed by atoms with Crippen molar-refractivity contribution in [2.45, 2.75) is 34.1 Å². The van der Waals surface area contributed by atoms with Gasteiger partial charge >= 0.3 is 0 Å². The molecule has 0 radical (unpaired) electrons. The zero-order valence-electron chi connectivity index (χ0n) is 14.1. The molecule has 1 heterocycles. The third-order valence-electron chi connectivity index (χ3n) is 3.98. The summed E-state index contributed by atoms with van der Waals surface area (Å²) < 4.78 is 0. The highest BCUT2D eigenvalue weighted by Gasteiger charge is 2.29. The number of hydrogen-bond donors (Lipinski definition) is 0. The first-order valence-electron chi connectivity index (χ1n) is 7.94. The maximum atomic E-state index is 12.6. The Hall–Kier alpha value is -1.84. The minimum absolute atomic E-state index is 0.0637. The summed E-state index contributed by atoms with van der Waals surface area (Å²) in [5, 5.41) is 0. The number of carbonyl (C=O) groups is 2. The quantitative estimate of drug-likeness (QED) is 0.800. The summed E-state index contributed by atoms with van der Waals surface area (Å²) in [6.45, 7) is 10.5. The van der Waals surface area contributed by atoms with E-state index in [0.717, 1.165) is 24.1 Å². The van der Waals surface area contributed by atoms with Crippen LogP contribution in [0.4, 0.5) is 0 Å². The molecule has 0 atom stereocenters. The largest absolute Gasteiger partial charge is 0.340 e. The van der Waals surface area contributed by atoms with Crippen LogP contribution in [0.25, 0.3) is 0 Å². The standard InChI is InChI=1S/C18H26N2O2/c1-14-7-5-8-15(13-14)16(21)19-9-6-10-20(12-11-19)17(22)18(2,3)4/h5,7-8,13H,6,9-12H2,1-4H3. The summed E-state index contributed by atoms with van der Waals surface area (Å²) >= 11 is 0. The van der Waals surface area contributed by atoms with Crippen molar-refractivity contribution >= 4 is 11.8 Å². The van der Waals surface area contributed by atoms with E-state index in [2.05, 4.69) is 0 Å². The van der Waals surface area contributed by atoms with Crippen molar-refractivity contribution in [1.29, 1.82) is 0 Å². The van der Waals surface area contributed by atoms with Gasteiger partial charge in [-0.05, 0) is 25.5 Å². The van der Waals surface area contributed by atoms with Crippen LogP contribution in [0.1, 0.15) is 43.1 Å². The average molecular weight is 302 g/mol. The van der Waals surface area contributed by atoms with E-state index in [1.54, 1.807) is 0 Å². The lowest BCUT2D eigenvalue weighted by Gasteiger charge is -2.28. The Kier molecular flexibility index (Phi) is 4.89. The fourth-order valence-corrected chi connectivity index (χ4v) is 2.76. The molecule has 4 heteroatoms. The molecule has 0 N–H and O–H groups in total. The molecular formula is C18H26N2O2. The van der Waals surface area contributed by atoms with E-state index in [-0.39, 0.29) is 17.2 Å². The highest BCUT2D eigenvalue weighted by molar-refractivity contribution is 5.94. The van der Waals surface area contributed by atoms with Crippen LogP contribution in [-0.4, -0.2) is 47.8 Å². The monoisotopic (exact) mass is 302 g/mol. The van der Waals surface area contributed by atoms with Gasteiger partial charge in [-0.15, -0.1) is 0 Å². The van der Waals surface area contributed by atoms with Gasteiger partial charge in [-0.3, -0.25) is 9.59 Å². The van der Waals surface area contributed by atoms with E-state index in [0.29, 0.717) is 19.6 Å². The fraction of sp³-hybridized carbons (Fsp3) is 0.556. The Balaban J connectivity index is 2.04. The first-order valence-corrected chi connectivity index (χ1v) is 7.94. The number of hydrogen-bond acceptors (Lipinski definition) is 2. The molecule has 0 unspecified atom stereocenters. The lowest BCUT2D eigenvalue weighted by molar-refractivity contribution is -0.139. The van der Waals surface area contributed by atoms with Crippen LogP contribution >= 0.6 is 0 Å². The zero-order valence-corrected chi connectivity index (χ0v) is 14.1. The number of rotatable bonds is 1. The number of benzene rings is 1. The van der Waals surface area contributed by atoms with E-state index in [1.807, 2.05) is 61.8 Å². The number of carbonyl (C=O) groups excluding carboxylic acids is 2. The van der Waals surface area contributed by atoms with Crippen molar-refractivity contribution in [2.75, 3.05) is 26.2 Å². The van der Waals surface area contributed by atoms with Crippen LogP contribution in [-0.2, 0) is 4.79 Å². The van der Waals surface area contributed by atoms with Crippen molar-refractivity contribution < 1.29 is 9.59 Å².